The van der Waals surface area contributed by atoms with Crippen LogP contribution in [0, 0.1) is 13.8 Å². The molecule has 0 spiro atoms. The maximum absolute atomic E-state index is 12.2. The van der Waals surface area contributed by atoms with Crippen molar-refractivity contribution in [3.05, 3.63) is 81.1 Å². The molecule has 2 N–H and O–H groups in total. The van der Waals surface area contributed by atoms with Gasteiger partial charge < -0.3 is 10.6 Å². The highest BCUT2D eigenvalue weighted by Gasteiger charge is 2.15. The van der Waals surface area contributed by atoms with Crippen molar-refractivity contribution >= 4 is 35.0 Å². The van der Waals surface area contributed by atoms with Gasteiger partial charge in [-0.05, 0) is 44.2 Å². The van der Waals surface area contributed by atoms with Crippen LogP contribution in [0.4, 0.5) is 0 Å². The third kappa shape index (κ3) is 4.96. The summed E-state index contributed by atoms with van der Waals surface area (Å²) in [6, 6.07) is 14.3. The van der Waals surface area contributed by atoms with Gasteiger partial charge in [0.05, 0.1) is 28.5 Å². The number of hydrogen-bond donors (Lipinski definition) is 2. The molecule has 1 heterocycles. The summed E-state index contributed by atoms with van der Waals surface area (Å²) >= 11 is 11.8. The van der Waals surface area contributed by atoms with E-state index in [9.17, 15) is 9.59 Å². The zero-order valence-corrected chi connectivity index (χ0v) is 17.5. The number of aromatic nitrogens is 2. The predicted molar refractivity (Wildman–Crippen MR) is 114 cm³/mol. The monoisotopic (exact) mass is 430 g/mol. The first-order valence-corrected chi connectivity index (χ1v) is 9.73. The number of aryl methyl sites for hydroxylation is 1. The van der Waals surface area contributed by atoms with E-state index in [1.807, 2.05) is 48.9 Å². The van der Waals surface area contributed by atoms with Crippen molar-refractivity contribution in [3.63, 3.8) is 0 Å². The molecule has 0 saturated heterocycles. The van der Waals surface area contributed by atoms with Gasteiger partial charge >= 0.3 is 0 Å². The molecule has 0 aliphatic heterocycles. The van der Waals surface area contributed by atoms with Gasteiger partial charge in [-0.1, -0.05) is 41.4 Å². The predicted octanol–water partition coefficient (Wildman–Crippen LogP) is 3.84. The van der Waals surface area contributed by atoms with Gasteiger partial charge in [0.1, 0.15) is 0 Å². The molecule has 8 heteroatoms. The lowest BCUT2D eigenvalue weighted by molar-refractivity contribution is -0.120. The van der Waals surface area contributed by atoms with E-state index in [1.165, 1.54) is 12.1 Å². The second-order valence-electron chi connectivity index (χ2n) is 6.48. The van der Waals surface area contributed by atoms with Crippen LogP contribution in [0.2, 0.25) is 10.0 Å². The van der Waals surface area contributed by atoms with E-state index in [2.05, 4.69) is 15.7 Å². The molecule has 150 valence electrons. The van der Waals surface area contributed by atoms with Crippen LogP contribution in [-0.2, 0) is 11.3 Å². The number of rotatable bonds is 6. The van der Waals surface area contributed by atoms with E-state index in [1.54, 1.807) is 6.07 Å². The van der Waals surface area contributed by atoms with E-state index >= 15 is 0 Å². The lowest BCUT2D eigenvalue weighted by Gasteiger charge is -2.09. The molecule has 0 unspecified atom stereocenters. The van der Waals surface area contributed by atoms with Crippen LogP contribution >= 0.6 is 23.2 Å². The van der Waals surface area contributed by atoms with E-state index in [4.69, 9.17) is 23.2 Å². The zero-order chi connectivity index (χ0) is 21.0. The molecule has 0 atom stereocenters. The molecule has 29 heavy (non-hydrogen) atoms. The Bertz CT molecular complexity index is 1050. The van der Waals surface area contributed by atoms with Gasteiger partial charge in [-0.2, -0.15) is 5.10 Å². The molecular formula is C21H20Cl2N4O2. The summed E-state index contributed by atoms with van der Waals surface area (Å²) in [6.07, 6.45) is 0. The number of nitrogens with one attached hydrogen (secondary N) is 2. The summed E-state index contributed by atoms with van der Waals surface area (Å²) in [7, 11) is 0. The van der Waals surface area contributed by atoms with Crippen molar-refractivity contribution < 1.29 is 9.59 Å². The topological polar surface area (TPSA) is 76.0 Å². The molecule has 0 saturated carbocycles. The molecule has 0 aliphatic carbocycles. The summed E-state index contributed by atoms with van der Waals surface area (Å²) in [5.74, 6) is -0.749. The molecule has 1 aromatic heterocycles. The Labute approximate surface area is 178 Å². The Balaban J connectivity index is 1.58. The van der Waals surface area contributed by atoms with E-state index < -0.39 is 5.91 Å². The smallest absolute Gasteiger partial charge is 0.253 e. The Morgan fingerprint density at radius 3 is 2.45 bits per heavy atom. The Hall–Kier alpha value is -2.83. The number of para-hydroxylation sites is 1. The number of carbonyl (C=O) groups is 2. The van der Waals surface area contributed by atoms with Crippen molar-refractivity contribution in [1.82, 2.24) is 20.4 Å². The molecule has 2 amide bonds. The summed E-state index contributed by atoms with van der Waals surface area (Å²) in [5, 5.41) is 10.6. The third-order valence-corrected chi connectivity index (χ3v) is 5.04. The first-order valence-electron chi connectivity index (χ1n) is 8.97. The highest BCUT2D eigenvalue weighted by Crippen LogP contribution is 2.21. The molecule has 0 aliphatic rings. The largest absolute Gasteiger partial charge is 0.350 e. The fourth-order valence-corrected chi connectivity index (χ4v) is 3.42. The first-order chi connectivity index (χ1) is 13.9. The lowest BCUT2D eigenvalue weighted by atomic mass is 10.2. The minimum Gasteiger partial charge on any atom is -0.350 e. The quantitative estimate of drug-likeness (QED) is 0.623. The fourth-order valence-electron chi connectivity index (χ4n) is 2.93. The van der Waals surface area contributed by atoms with Crippen molar-refractivity contribution in [2.24, 2.45) is 0 Å². The van der Waals surface area contributed by atoms with Crippen LogP contribution in [0.25, 0.3) is 5.69 Å². The summed E-state index contributed by atoms with van der Waals surface area (Å²) < 4.78 is 1.85. The maximum Gasteiger partial charge on any atom is 0.253 e. The molecule has 0 fully saturated rings. The zero-order valence-electron chi connectivity index (χ0n) is 16.0. The molecule has 0 bridgehead atoms. The second kappa shape index (κ2) is 9.11. The van der Waals surface area contributed by atoms with Crippen LogP contribution in [0.15, 0.2) is 48.5 Å². The number of carbonyl (C=O) groups excluding carboxylic acids is 2. The third-order valence-electron chi connectivity index (χ3n) is 4.49. The van der Waals surface area contributed by atoms with E-state index in [0.717, 1.165) is 22.6 Å². The SMILES string of the molecule is Cc1nn(-c2ccccc2)c(C)c1CNC(=O)CNC(=O)c1ccc(Cl)cc1Cl. The molecule has 0 radical (unpaired) electrons. The number of halogens is 2. The van der Waals surface area contributed by atoms with Crippen molar-refractivity contribution in [2.45, 2.75) is 20.4 Å². The maximum atomic E-state index is 12.2. The van der Waals surface area contributed by atoms with Gasteiger partial charge in [0.15, 0.2) is 0 Å². The lowest BCUT2D eigenvalue weighted by Crippen LogP contribution is -2.36. The van der Waals surface area contributed by atoms with Crippen LogP contribution in [-0.4, -0.2) is 28.1 Å². The van der Waals surface area contributed by atoms with Crippen molar-refractivity contribution in [2.75, 3.05) is 6.54 Å². The second-order valence-corrected chi connectivity index (χ2v) is 7.32. The molecular weight excluding hydrogens is 411 g/mol. The molecule has 2 aromatic carbocycles. The van der Waals surface area contributed by atoms with Gasteiger partial charge in [0.25, 0.3) is 5.91 Å². The Morgan fingerprint density at radius 2 is 1.76 bits per heavy atom. The van der Waals surface area contributed by atoms with Gasteiger partial charge in [-0.15, -0.1) is 0 Å². The summed E-state index contributed by atoms with van der Waals surface area (Å²) in [5.41, 5.74) is 3.95. The first kappa shape index (κ1) is 20.9. The molecule has 3 rings (SSSR count). The highest BCUT2D eigenvalue weighted by atomic mass is 35.5. The Kier molecular flexibility index (Phi) is 6.56. The van der Waals surface area contributed by atoms with Crippen LogP contribution in [0.3, 0.4) is 0 Å². The van der Waals surface area contributed by atoms with Gasteiger partial charge in [-0.3, -0.25) is 9.59 Å². The van der Waals surface area contributed by atoms with Crippen LogP contribution in [0.5, 0.6) is 0 Å². The average Bonchev–Trinajstić information content (AvgIpc) is 2.99. The standard InChI is InChI=1S/C21H20Cl2N4O2/c1-13-18(14(2)27(26-13)16-6-4-3-5-7-16)11-24-20(28)12-25-21(29)17-9-8-15(22)10-19(17)23/h3-10H,11-12H2,1-2H3,(H,24,28)(H,25,29). The fraction of sp³-hybridized carbons (Fsp3) is 0.190. The summed E-state index contributed by atoms with van der Waals surface area (Å²) in [4.78, 5) is 24.4. The minimum atomic E-state index is -0.439. The molecule has 3 aromatic rings. The Morgan fingerprint density at radius 1 is 1.03 bits per heavy atom. The number of hydrogen-bond acceptors (Lipinski definition) is 3. The van der Waals surface area contributed by atoms with Gasteiger partial charge in [-0.25, -0.2) is 4.68 Å². The number of nitrogens with zero attached hydrogens (tertiary/aromatic N) is 2. The minimum absolute atomic E-state index is 0.164. The average molecular weight is 431 g/mol. The number of amides is 2. The van der Waals surface area contributed by atoms with Crippen molar-refractivity contribution in [1.29, 1.82) is 0 Å². The van der Waals surface area contributed by atoms with Crippen LogP contribution < -0.4 is 10.6 Å². The number of benzene rings is 2. The van der Waals surface area contributed by atoms with Crippen molar-refractivity contribution in [3.8, 4) is 5.69 Å². The van der Waals surface area contributed by atoms with Gasteiger partial charge in [0.2, 0.25) is 5.91 Å². The summed E-state index contributed by atoms with van der Waals surface area (Å²) in [6.45, 7) is 4.01. The highest BCUT2D eigenvalue weighted by molar-refractivity contribution is 6.36. The van der Waals surface area contributed by atoms with E-state index in [-0.39, 0.29) is 23.0 Å². The molecule has 6 nitrogen and oxygen atoms in total. The van der Waals surface area contributed by atoms with Crippen LogP contribution in [0.1, 0.15) is 27.3 Å². The van der Waals surface area contributed by atoms with Gasteiger partial charge in [0, 0.05) is 22.8 Å². The van der Waals surface area contributed by atoms with E-state index in [0.29, 0.717) is 11.6 Å². The normalized spacial score (nSPS) is 10.6.